The molecule has 140 valence electrons. The van der Waals surface area contributed by atoms with Gasteiger partial charge in [0.15, 0.2) is 6.20 Å². The highest BCUT2D eigenvalue weighted by molar-refractivity contribution is 7.99. The first-order chi connectivity index (χ1) is 13.1. The van der Waals surface area contributed by atoms with E-state index in [1.807, 2.05) is 30.3 Å². The van der Waals surface area contributed by atoms with Crippen molar-refractivity contribution in [1.82, 2.24) is 10.6 Å². The van der Waals surface area contributed by atoms with Crippen molar-refractivity contribution in [2.75, 3.05) is 12.4 Å². The molecule has 1 aromatic carbocycles. The molecular formula is C19H19N3O4S. The molecule has 1 aromatic heterocycles. The number of nitrogens with one attached hydrogen (secondary N) is 2. The second-order valence-corrected chi connectivity index (χ2v) is 6.70. The smallest absolute Gasteiger partial charge is 0.338 e. The van der Waals surface area contributed by atoms with E-state index in [1.165, 1.54) is 18.0 Å². The molecule has 7 nitrogen and oxygen atoms in total. The standard InChI is InChI=1S/C19H19N3O4S/c1-2-26-18(23)16-14(12-27-15-10-6-7-11-22(15)25)20-19(24)21-17(16)13-8-4-3-5-9-13/h3-11,17H,2,12H2,1H3,(H2,20,21,24). The summed E-state index contributed by atoms with van der Waals surface area (Å²) in [5.74, 6) is -0.255. The van der Waals surface area contributed by atoms with E-state index in [-0.39, 0.29) is 12.4 Å². The Morgan fingerprint density at radius 1 is 1.22 bits per heavy atom. The van der Waals surface area contributed by atoms with E-state index in [9.17, 15) is 14.8 Å². The summed E-state index contributed by atoms with van der Waals surface area (Å²) in [5.41, 5.74) is 1.54. The minimum atomic E-state index is -0.621. The molecule has 0 saturated heterocycles. The quantitative estimate of drug-likeness (QED) is 0.344. The molecule has 3 rings (SSSR count). The lowest BCUT2D eigenvalue weighted by Gasteiger charge is -2.29. The van der Waals surface area contributed by atoms with Gasteiger partial charge in [0.1, 0.15) is 0 Å². The lowest BCUT2D eigenvalue weighted by atomic mass is 9.95. The zero-order chi connectivity index (χ0) is 19.2. The Bertz CT molecular complexity index is 870. The number of ether oxygens (including phenoxy) is 1. The first kappa shape index (κ1) is 18.8. The van der Waals surface area contributed by atoms with E-state index in [0.29, 0.717) is 16.3 Å². The lowest BCUT2D eigenvalue weighted by molar-refractivity contribution is -0.645. The maximum Gasteiger partial charge on any atom is 0.338 e. The number of aromatic nitrogens is 1. The molecule has 0 radical (unpaired) electrons. The first-order valence-corrected chi connectivity index (χ1v) is 9.42. The van der Waals surface area contributed by atoms with Crippen LogP contribution in [-0.2, 0) is 9.53 Å². The maximum atomic E-state index is 12.6. The largest absolute Gasteiger partial charge is 0.618 e. The fourth-order valence-corrected chi connectivity index (χ4v) is 3.63. The van der Waals surface area contributed by atoms with E-state index >= 15 is 0 Å². The predicted octanol–water partition coefficient (Wildman–Crippen LogP) is 2.28. The minimum absolute atomic E-state index is 0.220. The number of pyridine rings is 1. The molecule has 0 spiro atoms. The van der Waals surface area contributed by atoms with Gasteiger partial charge in [-0.3, -0.25) is 0 Å². The highest BCUT2D eigenvalue weighted by Crippen LogP contribution is 2.30. The second kappa shape index (κ2) is 8.59. The summed E-state index contributed by atoms with van der Waals surface area (Å²) in [7, 11) is 0. The molecule has 0 saturated carbocycles. The Morgan fingerprint density at radius 3 is 2.67 bits per heavy atom. The van der Waals surface area contributed by atoms with Gasteiger partial charge in [0, 0.05) is 23.6 Å². The zero-order valence-electron chi connectivity index (χ0n) is 14.7. The van der Waals surface area contributed by atoms with Crippen molar-refractivity contribution in [2.45, 2.75) is 18.0 Å². The van der Waals surface area contributed by atoms with E-state index in [4.69, 9.17) is 4.74 Å². The molecule has 0 aliphatic carbocycles. The zero-order valence-corrected chi connectivity index (χ0v) is 15.5. The van der Waals surface area contributed by atoms with Crippen LogP contribution in [0, 0.1) is 5.21 Å². The number of carbonyl (C=O) groups is 2. The van der Waals surface area contributed by atoms with Crippen molar-refractivity contribution in [3.8, 4) is 0 Å². The number of thioether (sulfide) groups is 1. The van der Waals surface area contributed by atoms with Gasteiger partial charge in [-0.2, -0.15) is 4.73 Å². The van der Waals surface area contributed by atoms with Crippen LogP contribution < -0.4 is 15.4 Å². The average molecular weight is 385 g/mol. The van der Waals surface area contributed by atoms with Gasteiger partial charge in [-0.05, 0) is 30.3 Å². The molecule has 2 heterocycles. The summed E-state index contributed by atoms with van der Waals surface area (Å²) in [5, 5.41) is 17.8. The summed E-state index contributed by atoms with van der Waals surface area (Å²) in [4.78, 5) is 24.8. The fraction of sp³-hybridized carbons (Fsp3) is 0.211. The number of hydrogen-bond acceptors (Lipinski definition) is 5. The number of esters is 1. The molecule has 27 heavy (non-hydrogen) atoms. The Kier molecular flexibility index (Phi) is 5.97. The van der Waals surface area contributed by atoms with Crippen molar-refractivity contribution in [3.63, 3.8) is 0 Å². The predicted molar refractivity (Wildman–Crippen MR) is 101 cm³/mol. The summed E-state index contributed by atoms with van der Waals surface area (Å²) in [6, 6.07) is 13.3. The number of carbonyl (C=O) groups excluding carboxylic acids is 2. The molecule has 2 amide bonds. The molecule has 8 heteroatoms. The molecular weight excluding hydrogens is 366 g/mol. The van der Waals surface area contributed by atoms with Crippen LogP contribution in [-0.4, -0.2) is 24.4 Å². The number of benzene rings is 1. The normalized spacial score (nSPS) is 16.5. The monoisotopic (exact) mass is 385 g/mol. The van der Waals surface area contributed by atoms with Gasteiger partial charge in [0.2, 0.25) is 0 Å². The molecule has 0 bridgehead atoms. The number of nitrogens with zero attached hydrogens (tertiary/aromatic N) is 1. The summed E-state index contributed by atoms with van der Waals surface area (Å²) >= 11 is 1.23. The van der Waals surface area contributed by atoms with Gasteiger partial charge in [-0.25, -0.2) is 9.59 Å². The molecule has 1 aliphatic rings. The van der Waals surface area contributed by atoms with Gasteiger partial charge in [0.25, 0.3) is 5.03 Å². The fourth-order valence-electron chi connectivity index (χ4n) is 2.75. The highest BCUT2D eigenvalue weighted by atomic mass is 32.2. The van der Waals surface area contributed by atoms with Crippen LogP contribution in [0.2, 0.25) is 0 Å². The molecule has 2 N–H and O–H groups in total. The van der Waals surface area contributed by atoms with E-state index in [0.717, 1.165) is 10.3 Å². The third-order valence-electron chi connectivity index (χ3n) is 3.93. The van der Waals surface area contributed by atoms with Gasteiger partial charge < -0.3 is 20.6 Å². The van der Waals surface area contributed by atoms with E-state index in [2.05, 4.69) is 10.6 Å². The van der Waals surface area contributed by atoms with Crippen LogP contribution in [0.25, 0.3) is 0 Å². The van der Waals surface area contributed by atoms with Crippen LogP contribution in [0.1, 0.15) is 18.5 Å². The van der Waals surface area contributed by atoms with Crippen LogP contribution in [0.4, 0.5) is 4.79 Å². The van der Waals surface area contributed by atoms with Gasteiger partial charge in [0.05, 0.1) is 18.2 Å². The maximum absolute atomic E-state index is 12.6. The molecule has 0 fully saturated rings. The first-order valence-electron chi connectivity index (χ1n) is 8.43. The molecule has 2 aromatic rings. The Labute approximate surface area is 161 Å². The van der Waals surface area contributed by atoms with Crippen LogP contribution in [0.3, 0.4) is 0 Å². The van der Waals surface area contributed by atoms with Gasteiger partial charge >= 0.3 is 12.0 Å². The van der Waals surface area contributed by atoms with E-state index in [1.54, 1.807) is 25.1 Å². The number of hydrogen-bond donors (Lipinski definition) is 2. The van der Waals surface area contributed by atoms with Crippen LogP contribution in [0.5, 0.6) is 0 Å². The van der Waals surface area contributed by atoms with Gasteiger partial charge in [-0.15, -0.1) is 0 Å². The van der Waals surface area contributed by atoms with Crippen LogP contribution >= 0.6 is 11.8 Å². The Balaban J connectivity index is 1.96. The number of rotatable bonds is 6. The highest BCUT2D eigenvalue weighted by Gasteiger charge is 2.33. The summed E-state index contributed by atoms with van der Waals surface area (Å²) in [6.07, 6.45) is 1.40. The summed E-state index contributed by atoms with van der Waals surface area (Å²) < 4.78 is 5.95. The van der Waals surface area contributed by atoms with Crippen molar-refractivity contribution in [1.29, 1.82) is 0 Å². The molecule has 1 unspecified atom stereocenters. The third-order valence-corrected chi connectivity index (χ3v) is 4.98. The van der Waals surface area contributed by atoms with E-state index < -0.39 is 18.0 Å². The number of urea groups is 1. The van der Waals surface area contributed by atoms with Crippen LogP contribution in [0.15, 0.2) is 71.0 Å². The Morgan fingerprint density at radius 2 is 1.96 bits per heavy atom. The topological polar surface area (TPSA) is 94.4 Å². The van der Waals surface area contributed by atoms with Gasteiger partial charge in [-0.1, -0.05) is 30.3 Å². The van der Waals surface area contributed by atoms with Crippen molar-refractivity contribution in [3.05, 3.63) is 76.8 Å². The number of amides is 2. The Hall–Kier alpha value is -3.00. The van der Waals surface area contributed by atoms with Crippen molar-refractivity contribution in [2.24, 2.45) is 0 Å². The lowest BCUT2D eigenvalue weighted by Crippen LogP contribution is -2.46. The van der Waals surface area contributed by atoms with Crippen molar-refractivity contribution >= 4 is 23.8 Å². The third kappa shape index (κ3) is 4.40. The molecule has 1 aliphatic heterocycles. The summed E-state index contributed by atoms with van der Waals surface area (Å²) in [6.45, 7) is 1.95. The molecule has 1 atom stereocenters. The second-order valence-electron chi connectivity index (χ2n) is 5.71. The van der Waals surface area contributed by atoms with Crippen molar-refractivity contribution < 1.29 is 19.1 Å². The average Bonchev–Trinajstić information content (AvgIpc) is 2.67. The SMILES string of the molecule is CCOC(=O)C1=C(CSc2cccc[n+]2[O-])NC(=O)NC1c1ccccc1. The minimum Gasteiger partial charge on any atom is -0.618 e.